The summed E-state index contributed by atoms with van der Waals surface area (Å²) in [5.74, 6) is 1.87. The first-order valence-electron chi connectivity index (χ1n) is 9.65. The number of nitriles is 1. The van der Waals surface area contributed by atoms with Gasteiger partial charge in [0.15, 0.2) is 5.16 Å². The maximum Gasteiger partial charge on any atom is 0.262 e. The van der Waals surface area contributed by atoms with Crippen LogP contribution in [0.25, 0.3) is 10.9 Å². The molecule has 4 aromatic rings. The average Bonchev–Trinajstić information content (AvgIpc) is 3.16. The van der Waals surface area contributed by atoms with E-state index >= 15 is 0 Å². The third-order valence-corrected chi connectivity index (χ3v) is 5.78. The minimum Gasteiger partial charge on any atom is -0.306 e. The molecule has 8 heteroatoms. The van der Waals surface area contributed by atoms with E-state index in [1.54, 1.807) is 12.1 Å². The molecule has 0 fully saturated rings. The van der Waals surface area contributed by atoms with Crippen molar-refractivity contribution in [3.63, 3.8) is 0 Å². The zero-order valence-corrected chi connectivity index (χ0v) is 17.3. The number of hydrogen-bond donors (Lipinski definition) is 0. The van der Waals surface area contributed by atoms with Crippen molar-refractivity contribution in [1.82, 2.24) is 24.3 Å². The van der Waals surface area contributed by atoms with Gasteiger partial charge in [0.1, 0.15) is 18.2 Å². The predicted octanol–water partition coefficient (Wildman–Crippen LogP) is 3.41. The van der Waals surface area contributed by atoms with Gasteiger partial charge in [-0.2, -0.15) is 5.26 Å². The molecule has 2 heterocycles. The van der Waals surface area contributed by atoms with Gasteiger partial charge < -0.3 is 4.57 Å². The second-order valence-electron chi connectivity index (χ2n) is 6.69. The van der Waals surface area contributed by atoms with Crippen LogP contribution in [0.15, 0.2) is 64.5 Å². The summed E-state index contributed by atoms with van der Waals surface area (Å²) < 4.78 is 3.51. The van der Waals surface area contributed by atoms with Crippen LogP contribution < -0.4 is 5.56 Å². The maximum absolute atomic E-state index is 12.8. The first-order chi connectivity index (χ1) is 14.7. The van der Waals surface area contributed by atoms with Gasteiger partial charge >= 0.3 is 0 Å². The van der Waals surface area contributed by atoms with Crippen LogP contribution in [0, 0.1) is 11.3 Å². The SMILES string of the molecule is CCn1c(Cc2ccccc2)nnc1SCc1nc2ccccc2c(=O)n1CC#N. The molecule has 0 saturated heterocycles. The highest BCUT2D eigenvalue weighted by atomic mass is 32.2. The summed E-state index contributed by atoms with van der Waals surface area (Å²) >= 11 is 1.47. The van der Waals surface area contributed by atoms with Crippen LogP contribution in [0.5, 0.6) is 0 Å². The second kappa shape index (κ2) is 8.93. The fraction of sp³-hybridized carbons (Fsp3) is 0.227. The molecule has 0 saturated carbocycles. The highest BCUT2D eigenvalue weighted by Crippen LogP contribution is 2.23. The van der Waals surface area contributed by atoms with Crippen molar-refractivity contribution < 1.29 is 0 Å². The van der Waals surface area contributed by atoms with Crippen LogP contribution in [0.1, 0.15) is 24.1 Å². The van der Waals surface area contributed by atoms with Gasteiger partial charge in [0, 0.05) is 13.0 Å². The molecule has 2 aromatic heterocycles. The summed E-state index contributed by atoms with van der Waals surface area (Å²) in [6.07, 6.45) is 0.704. The second-order valence-corrected chi connectivity index (χ2v) is 7.63. The summed E-state index contributed by atoms with van der Waals surface area (Å²) in [5.41, 5.74) is 1.61. The largest absolute Gasteiger partial charge is 0.306 e. The molecule has 4 rings (SSSR count). The van der Waals surface area contributed by atoms with E-state index in [1.165, 1.54) is 21.9 Å². The van der Waals surface area contributed by atoms with Crippen LogP contribution in [0.3, 0.4) is 0 Å². The van der Waals surface area contributed by atoms with Gasteiger partial charge in [0.05, 0.1) is 22.7 Å². The minimum atomic E-state index is -0.195. The fourth-order valence-electron chi connectivity index (χ4n) is 3.34. The number of aromatic nitrogens is 5. The molecule has 0 aliphatic heterocycles. The molecule has 150 valence electrons. The monoisotopic (exact) mass is 416 g/mol. The van der Waals surface area contributed by atoms with Crippen molar-refractivity contribution in [2.24, 2.45) is 0 Å². The predicted molar refractivity (Wildman–Crippen MR) is 116 cm³/mol. The summed E-state index contributed by atoms with van der Waals surface area (Å²) in [6.45, 7) is 2.77. The first-order valence-corrected chi connectivity index (χ1v) is 10.6. The van der Waals surface area contributed by atoms with Crippen LogP contribution in [0.2, 0.25) is 0 Å². The van der Waals surface area contributed by atoms with Crippen molar-refractivity contribution in [2.75, 3.05) is 0 Å². The lowest BCUT2D eigenvalue weighted by molar-refractivity contribution is 0.650. The molecule has 0 bridgehead atoms. The molecule has 7 nitrogen and oxygen atoms in total. The van der Waals surface area contributed by atoms with E-state index in [4.69, 9.17) is 0 Å². The van der Waals surface area contributed by atoms with E-state index in [2.05, 4.69) is 44.9 Å². The summed E-state index contributed by atoms with van der Waals surface area (Å²) in [7, 11) is 0. The third kappa shape index (κ3) is 3.98. The zero-order chi connectivity index (χ0) is 20.9. The number of thioether (sulfide) groups is 1. The van der Waals surface area contributed by atoms with Gasteiger partial charge in [-0.3, -0.25) is 9.36 Å². The molecule has 2 aromatic carbocycles. The molecule has 30 heavy (non-hydrogen) atoms. The zero-order valence-electron chi connectivity index (χ0n) is 16.5. The number of nitrogens with zero attached hydrogens (tertiary/aromatic N) is 6. The van der Waals surface area contributed by atoms with Crippen LogP contribution in [0.4, 0.5) is 0 Å². The summed E-state index contributed by atoms with van der Waals surface area (Å²) in [4.78, 5) is 17.4. The molecule has 0 aliphatic rings. The molecule has 0 unspecified atom stereocenters. The van der Waals surface area contributed by atoms with E-state index in [0.717, 1.165) is 17.5 Å². The average molecular weight is 417 g/mol. The van der Waals surface area contributed by atoms with E-state index in [-0.39, 0.29) is 12.1 Å². The number of rotatable bonds is 7. The van der Waals surface area contributed by atoms with Gasteiger partial charge in [0.25, 0.3) is 5.56 Å². The number of hydrogen-bond acceptors (Lipinski definition) is 6. The van der Waals surface area contributed by atoms with Gasteiger partial charge in [-0.05, 0) is 24.6 Å². The minimum absolute atomic E-state index is 0.0354. The molecule has 0 amide bonds. The van der Waals surface area contributed by atoms with Crippen molar-refractivity contribution in [3.8, 4) is 6.07 Å². The lowest BCUT2D eigenvalue weighted by Crippen LogP contribution is -2.24. The quantitative estimate of drug-likeness (QED) is 0.429. The lowest BCUT2D eigenvalue weighted by Gasteiger charge is -2.11. The Morgan fingerprint density at radius 2 is 1.77 bits per heavy atom. The van der Waals surface area contributed by atoms with Crippen LogP contribution in [-0.2, 0) is 25.3 Å². The molecular weight excluding hydrogens is 396 g/mol. The standard InChI is InChI=1S/C22H20N6OS/c1-2-27-19(14-16-8-4-3-5-9-16)25-26-22(27)30-15-20-24-18-11-7-6-10-17(18)21(29)28(20)13-12-23/h3-11H,2,13-15H2,1H3. The fourth-order valence-corrected chi connectivity index (χ4v) is 4.31. The van der Waals surface area contributed by atoms with Gasteiger partial charge in [-0.25, -0.2) is 4.98 Å². The van der Waals surface area contributed by atoms with E-state index < -0.39 is 0 Å². The molecule has 0 spiro atoms. The Morgan fingerprint density at radius 1 is 1.00 bits per heavy atom. The Balaban J connectivity index is 1.62. The van der Waals surface area contributed by atoms with Crippen molar-refractivity contribution in [1.29, 1.82) is 5.26 Å². The lowest BCUT2D eigenvalue weighted by atomic mass is 10.1. The molecule has 0 aliphatic carbocycles. The Bertz CT molecular complexity index is 1270. The van der Waals surface area contributed by atoms with Gasteiger partial charge in [0.2, 0.25) is 0 Å². The van der Waals surface area contributed by atoms with Crippen molar-refractivity contribution >= 4 is 22.7 Å². The van der Waals surface area contributed by atoms with Crippen LogP contribution in [-0.4, -0.2) is 24.3 Å². The molecule has 0 N–H and O–H groups in total. The van der Waals surface area contributed by atoms with Crippen molar-refractivity contribution in [3.05, 3.63) is 82.2 Å². The normalized spacial score (nSPS) is 10.9. The number of fused-ring (bicyclic) bond motifs is 1. The Hall–Kier alpha value is -3.44. The van der Waals surface area contributed by atoms with E-state index in [9.17, 15) is 10.1 Å². The maximum atomic E-state index is 12.8. The Morgan fingerprint density at radius 3 is 2.53 bits per heavy atom. The summed E-state index contributed by atoms with van der Waals surface area (Å²) in [6, 6.07) is 19.4. The Kier molecular flexibility index (Phi) is 5.91. The van der Waals surface area contributed by atoms with Gasteiger partial charge in [-0.15, -0.1) is 10.2 Å². The number of benzene rings is 2. The summed E-state index contributed by atoms with van der Waals surface area (Å²) in [5, 5.41) is 19.2. The van der Waals surface area contributed by atoms with Gasteiger partial charge in [-0.1, -0.05) is 54.2 Å². The highest BCUT2D eigenvalue weighted by molar-refractivity contribution is 7.98. The topological polar surface area (TPSA) is 89.4 Å². The first kappa shape index (κ1) is 19.9. The van der Waals surface area contributed by atoms with E-state index in [1.807, 2.05) is 30.3 Å². The molecule has 0 radical (unpaired) electrons. The Labute approximate surface area is 178 Å². The smallest absolute Gasteiger partial charge is 0.262 e. The third-order valence-electron chi connectivity index (χ3n) is 4.81. The highest BCUT2D eigenvalue weighted by Gasteiger charge is 2.15. The molecule has 0 atom stereocenters. The van der Waals surface area contributed by atoms with Crippen molar-refractivity contribution in [2.45, 2.75) is 37.3 Å². The van der Waals surface area contributed by atoms with Crippen LogP contribution >= 0.6 is 11.8 Å². The number of para-hydroxylation sites is 1. The molecular formula is C22H20N6OS. The van der Waals surface area contributed by atoms with E-state index in [0.29, 0.717) is 28.9 Å².